The number of aryl methyl sites for hydroxylation is 1. The van der Waals surface area contributed by atoms with E-state index in [1.165, 1.54) is 41.6 Å². The maximum Gasteiger partial charge on any atom is 0.225 e. The van der Waals surface area contributed by atoms with Crippen LogP contribution in [0.4, 0.5) is 5.95 Å². The molecule has 0 amide bonds. The fourth-order valence-electron chi connectivity index (χ4n) is 4.64. The van der Waals surface area contributed by atoms with Crippen LogP contribution in [0.3, 0.4) is 0 Å². The van der Waals surface area contributed by atoms with Gasteiger partial charge in [-0.25, -0.2) is 9.97 Å². The zero-order chi connectivity index (χ0) is 18.9. The number of benzene rings is 1. The standard InChI is InChI=1S/C23H31N5/c1-18-5-7-19(8-6-18)16-26-10-9-22-20(17-26)15-24-23(25-22)28-13-11-27(12-14-28)21-3-2-4-21/h5-8,15,21H,2-4,9-14,16-17H2,1H3. The molecule has 28 heavy (non-hydrogen) atoms. The maximum atomic E-state index is 4.96. The van der Waals surface area contributed by atoms with Gasteiger partial charge in [-0.3, -0.25) is 9.80 Å². The third kappa shape index (κ3) is 3.78. The number of aromatic nitrogens is 2. The predicted octanol–water partition coefficient (Wildman–Crippen LogP) is 3.02. The molecule has 0 radical (unpaired) electrons. The smallest absolute Gasteiger partial charge is 0.225 e. The summed E-state index contributed by atoms with van der Waals surface area (Å²) in [6.07, 6.45) is 7.32. The third-order valence-electron chi connectivity index (χ3n) is 6.72. The molecular formula is C23H31N5. The Morgan fingerprint density at radius 2 is 1.79 bits per heavy atom. The molecule has 0 atom stereocenters. The van der Waals surface area contributed by atoms with E-state index in [0.717, 1.165) is 64.2 Å². The largest absolute Gasteiger partial charge is 0.338 e. The molecular weight excluding hydrogens is 346 g/mol. The summed E-state index contributed by atoms with van der Waals surface area (Å²) in [5, 5.41) is 0. The van der Waals surface area contributed by atoms with Gasteiger partial charge in [0.05, 0.1) is 5.69 Å². The van der Waals surface area contributed by atoms with Crippen LogP contribution in [-0.4, -0.2) is 58.5 Å². The molecule has 3 aliphatic rings. The molecule has 0 N–H and O–H groups in total. The average molecular weight is 378 g/mol. The van der Waals surface area contributed by atoms with Gasteiger partial charge < -0.3 is 4.90 Å². The molecule has 148 valence electrons. The molecule has 1 aliphatic carbocycles. The highest BCUT2D eigenvalue weighted by molar-refractivity contribution is 5.35. The average Bonchev–Trinajstić information content (AvgIpc) is 2.69. The number of hydrogen-bond acceptors (Lipinski definition) is 5. The van der Waals surface area contributed by atoms with Crippen molar-refractivity contribution in [3.8, 4) is 0 Å². The zero-order valence-electron chi connectivity index (χ0n) is 17.0. The number of rotatable bonds is 4. The van der Waals surface area contributed by atoms with Gasteiger partial charge in [0.15, 0.2) is 0 Å². The van der Waals surface area contributed by atoms with Gasteiger partial charge in [-0.15, -0.1) is 0 Å². The molecule has 0 spiro atoms. The highest BCUT2D eigenvalue weighted by atomic mass is 15.3. The van der Waals surface area contributed by atoms with Crippen molar-refractivity contribution in [3.05, 3.63) is 52.8 Å². The summed E-state index contributed by atoms with van der Waals surface area (Å²) < 4.78 is 0. The van der Waals surface area contributed by atoms with E-state index in [0.29, 0.717) is 0 Å². The number of hydrogen-bond donors (Lipinski definition) is 0. The summed E-state index contributed by atoms with van der Waals surface area (Å²) in [4.78, 5) is 17.3. The van der Waals surface area contributed by atoms with E-state index < -0.39 is 0 Å². The molecule has 0 unspecified atom stereocenters. The van der Waals surface area contributed by atoms with Gasteiger partial charge in [0.2, 0.25) is 5.95 Å². The number of anilines is 1. The first-order chi connectivity index (χ1) is 13.7. The van der Waals surface area contributed by atoms with Crippen molar-refractivity contribution in [2.45, 2.75) is 51.7 Å². The van der Waals surface area contributed by atoms with Crippen molar-refractivity contribution in [1.82, 2.24) is 19.8 Å². The first-order valence-electron chi connectivity index (χ1n) is 10.9. The van der Waals surface area contributed by atoms with Crippen LogP contribution in [0.25, 0.3) is 0 Å². The Balaban J connectivity index is 1.20. The molecule has 2 aliphatic heterocycles. The van der Waals surface area contributed by atoms with Crippen LogP contribution in [0.2, 0.25) is 0 Å². The van der Waals surface area contributed by atoms with Gasteiger partial charge >= 0.3 is 0 Å². The lowest BCUT2D eigenvalue weighted by atomic mass is 9.91. The van der Waals surface area contributed by atoms with Crippen LogP contribution in [0.15, 0.2) is 30.5 Å². The summed E-state index contributed by atoms with van der Waals surface area (Å²) in [7, 11) is 0. The monoisotopic (exact) mass is 377 g/mol. The Hall–Kier alpha value is -1.98. The van der Waals surface area contributed by atoms with E-state index in [4.69, 9.17) is 9.97 Å². The number of nitrogens with zero attached hydrogens (tertiary/aromatic N) is 5. The van der Waals surface area contributed by atoms with Crippen molar-refractivity contribution in [2.75, 3.05) is 37.6 Å². The Labute approximate surface area is 168 Å². The second-order valence-corrected chi connectivity index (χ2v) is 8.70. The second kappa shape index (κ2) is 7.80. The van der Waals surface area contributed by atoms with Crippen molar-refractivity contribution >= 4 is 5.95 Å². The van der Waals surface area contributed by atoms with Gasteiger partial charge in [-0.2, -0.15) is 0 Å². The number of fused-ring (bicyclic) bond motifs is 1. The van der Waals surface area contributed by atoms with E-state index in [9.17, 15) is 0 Å². The third-order valence-corrected chi connectivity index (χ3v) is 6.72. The van der Waals surface area contributed by atoms with E-state index in [1.54, 1.807) is 0 Å². The van der Waals surface area contributed by atoms with Gasteiger partial charge in [0.25, 0.3) is 0 Å². The minimum absolute atomic E-state index is 0.853. The first kappa shape index (κ1) is 18.1. The van der Waals surface area contributed by atoms with Crippen LogP contribution < -0.4 is 4.90 Å². The molecule has 1 saturated heterocycles. The van der Waals surface area contributed by atoms with Crippen LogP contribution in [0.5, 0.6) is 0 Å². The molecule has 5 nitrogen and oxygen atoms in total. The zero-order valence-corrected chi connectivity index (χ0v) is 17.0. The Morgan fingerprint density at radius 1 is 1.00 bits per heavy atom. The lowest BCUT2D eigenvalue weighted by Gasteiger charge is -2.43. The summed E-state index contributed by atoms with van der Waals surface area (Å²) >= 11 is 0. The molecule has 1 aromatic heterocycles. The van der Waals surface area contributed by atoms with Crippen molar-refractivity contribution in [1.29, 1.82) is 0 Å². The minimum Gasteiger partial charge on any atom is -0.338 e. The lowest BCUT2D eigenvalue weighted by Crippen LogP contribution is -2.52. The molecule has 3 heterocycles. The van der Waals surface area contributed by atoms with Crippen molar-refractivity contribution in [3.63, 3.8) is 0 Å². The Morgan fingerprint density at radius 3 is 2.50 bits per heavy atom. The molecule has 1 aromatic carbocycles. The van der Waals surface area contributed by atoms with E-state index in [1.807, 2.05) is 0 Å². The highest BCUT2D eigenvalue weighted by Crippen LogP contribution is 2.27. The SMILES string of the molecule is Cc1ccc(CN2CCc3nc(N4CCN(C5CCC5)CC4)ncc3C2)cc1. The predicted molar refractivity (Wildman–Crippen MR) is 112 cm³/mol. The minimum atomic E-state index is 0.853. The van der Waals surface area contributed by atoms with Gasteiger partial charge in [0, 0.05) is 70.0 Å². The molecule has 0 bridgehead atoms. The molecule has 5 heteroatoms. The quantitative estimate of drug-likeness (QED) is 0.818. The number of piperazine rings is 1. The molecule has 2 aromatic rings. The lowest BCUT2D eigenvalue weighted by molar-refractivity contribution is 0.120. The summed E-state index contributed by atoms with van der Waals surface area (Å²) in [5.41, 5.74) is 5.26. The van der Waals surface area contributed by atoms with Crippen LogP contribution in [0.1, 0.15) is 41.6 Å². The Kier molecular flexibility index (Phi) is 5.03. The van der Waals surface area contributed by atoms with Crippen LogP contribution >= 0.6 is 0 Å². The van der Waals surface area contributed by atoms with E-state index in [2.05, 4.69) is 52.1 Å². The Bertz CT molecular complexity index is 806. The van der Waals surface area contributed by atoms with Crippen molar-refractivity contribution in [2.24, 2.45) is 0 Å². The summed E-state index contributed by atoms with van der Waals surface area (Å²) in [6, 6.07) is 9.74. The molecule has 2 fully saturated rings. The van der Waals surface area contributed by atoms with Crippen LogP contribution in [0, 0.1) is 6.92 Å². The van der Waals surface area contributed by atoms with E-state index in [-0.39, 0.29) is 0 Å². The van der Waals surface area contributed by atoms with Gasteiger partial charge in [0.1, 0.15) is 0 Å². The molecule has 5 rings (SSSR count). The van der Waals surface area contributed by atoms with Crippen LogP contribution in [-0.2, 0) is 19.5 Å². The van der Waals surface area contributed by atoms with E-state index >= 15 is 0 Å². The van der Waals surface area contributed by atoms with Gasteiger partial charge in [-0.1, -0.05) is 36.2 Å². The second-order valence-electron chi connectivity index (χ2n) is 8.70. The summed E-state index contributed by atoms with van der Waals surface area (Å²) in [6.45, 7) is 9.63. The topological polar surface area (TPSA) is 35.5 Å². The summed E-state index contributed by atoms with van der Waals surface area (Å²) in [5.74, 6) is 0.944. The van der Waals surface area contributed by atoms with Gasteiger partial charge in [-0.05, 0) is 25.3 Å². The highest BCUT2D eigenvalue weighted by Gasteiger charge is 2.29. The molecule has 1 saturated carbocycles. The van der Waals surface area contributed by atoms with Crippen molar-refractivity contribution < 1.29 is 0 Å². The first-order valence-corrected chi connectivity index (χ1v) is 10.9. The fourth-order valence-corrected chi connectivity index (χ4v) is 4.64. The maximum absolute atomic E-state index is 4.96. The fraction of sp³-hybridized carbons (Fsp3) is 0.565. The normalized spacial score (nSPS) is 21.4.